The third-order valence-electron chi connectivity index (χ3n) is 4.09. The Morgan fingerprint density at radius 3 is 2.72 bits per heavy atom. The minimum atomic E-state index is -4.37. The number of aromatic nitrogens is 3. The van der Waals surface area contributed by atoms with Crippen molar-refractivity contribution >= 4 is 21.6 Å². The van der Waals surface area contributed by atoms with Gasteiger partial charge in [-0.1, -0.05) is 30.0 Å². The predicted molar refractivity (Wildman–Crippen MR) is 88.0 cm³/mol. The molecule has 0 aliphatic carbocycles. The van der Waals surface area contributed by atoms with E-state index in [1.54, 1.807) is 17.7 Å². The van der Waals surface area contributed by atoms with Crippen LogP contribution in [0.25, 0.3) is 0 Å². The van der Waals surface area contributed by atoms with Crippen molar-refractivity contribution in [3.8, 4) is 0 Å². The molecule has 10 heteroatoms. The second-order valence-electron chi connectivity index (χ2n) is 5.99. The molecule has 0 bridgehead atoms. The van der Waals surface area contributed by atoms with Crippen molar-refractivity contribution in [3.05, 3.63) is 41.2 Å². The lowest BCUT2D eigenvalue weighted by Crippen LogP contribution is -2.09. The van der Waals surface area contributed by atoms with Gasteiger partial charge in [0.05, 0.1) is 17.1 Å². The Hall–Kier alpha value is -1.55. The van der Waals surface area contributed by atoms with Crippen molar-refractivity contribution < 1.29 is 21.6 Å². The molecule has 1 unspecified atom stereocenters. The lowest BCUT2D eigenvalue weighted by Gasteiger charge is -2.09. The van der Waals surface area contributed by atoms with Gasteiger partial charge in [-0.25, -0.2) is 8.42 Å². The summed E-state index contributed by atoms with van der Waals surface area (Å²) in [4.78, 5) is 0. The first-order valence-electron chi connectivity index (χ1n) is 7.54. The summed E-state index contributed by atoms with van der Waals surface area (Å²) < 4.78 is 63.2. The quantitative estimate of drug-likeness (QED) is 0.750. The Bertz CT molecular complexity index is 878. The number of hydrogen-bond acceptors (Lipinski definition) is 5. The van der Waals surface area contributed by atoms with Crippen LogP contribution in [0.15, 0.2) is 29.4 Å². The Morgan fingerprint density at radius 2 is 2.08 bits per heavy atom. The van der Waals surface area contributed by atoms with Gasteiger partial charge in [0.15, 0.2) is 15.0 Å². The normalized spacial score (nSPS) is 20.1. The maximum Gasteiger partial charge on any atom is 0.416 e. The lowest BCUT2D eigenvalue weighted by molar-refractivity contribution is -0.137. The Balaban J connectivity index is 1.71. The van der Waals surface area contributed by atoms with Crippen LogP contribution in [0.3, 0.4) is 0 Å². The van der Waals surface area contributed by atoms with Crippen LogP contribution in [0.2, 0.25) is 0 Å². The Morgan fingerprint density at radius 1 is 1.32 bits per heavy atom. The van der Waals surface area contributed by atoms with E-state index < -0.39 is 21.6 Å². The molecule has 1 aliphatic heterocycles. The molecule has 0 N–H and O–H groups in total. The zero-order valence-corrected chi connectivity index (χ0v) is 15.0. The number of sulfone groups is 1. The summed E-state index contributed by atoms with van der Waals surface area (Å²) in [7, 11) is -1.27. The SMILES string of the molecule is Cn1c(SCc2cccc(C(F)(F)F)c2)nnc1C1CCS(=O)(=O)C1. The van der Waals surface area contributed by atoms with Gasteiger partial charge in [0.2, 0.25) is 0 Å². The smallest absolute Gasteiger partial charge is 0.309 e. The number of benzene rings is 1. The fourth-order valence-corrected chi connectivity index (χ4v) is 5.39. The molecule has 1 saturated heterocycles. The highest BCUT2D eigenvalue weighted by Gasteiger charge is 2.33. The van der Waals surface area contributed by atoms with Gasteiger partial charge in [-0.2, -0.15) is 13.2 Å². The van der Waals surface area contributed by atoms with E-state index in [0.717, 1.165) is 12.1 Å². The van der Waals surface area contributed by atoms with Crippen LogP contribution in [0.5, 0.6) is 0 Å². The van der Waals surface area contributed by atoms with E-state index in [2.05, 4.69) is 10.2 Å². The number of halogens is 3. The third-order valence-corrected chi connectivity index (χ3v) is 6.95. The van der Waals surface area contributed by atoms with Crippen molar-refractivity contribution in [1.29, 1.82) is 0 Å². The molecule has 0 saturated carbocycles. The number of thioether (sulfide) groups is 1. The molecular formula is C15H16F3N3O2S2. The van der Waals surface area contributed by atoms with Crippen LogP contribution in [0.1, 0.15) is 29.3 Å². The summed E-state index contributed by atoms with van der Waals surface area (Å²) in [5.41, 5.74) is -0.145. The fourth-order valence-electron chi connectivity index (χ4n) is 2.79. The van der Waals surface area contributed by atoms with E-state index >= 15 is 0 Å². The average Bonchev–Trinajstić information content (AvgIpc) is 3.07. The lowest BCUT2D eigenvalue weighted by atomic mass is 10.1. The van der Waals surface area contributed by atoms with Crippen molar-refractivity contribution in [1.82, 2.24) is 14.8 Å². The Kier molecular flexibility index (Phi) is 4.84. The van der Waals surface area contributed by atoms with E-state index in [1.807, 2.05) is 0 Å². The van der Waals surface area contributed by atoms with Crippen molar-refractivity contribution in [2.24, 2.45) is 7.05 Å². The zero-order chi connectivity index (χ0) is 18.2. The fraction of sp³-hybridized carbons (Fsp3) is 0.467. The maximum absolute atomic E-state index is 12.8. The highest BCUT2D eigenvalue weighted by atomic mass is 32.2. The molecule has 1 atom stereocenters. The molecule has 1 aliphatic rings. The van der Waals surface area contributed by atoms with E-state index in [1.165, 1.54) is 17.8 Å². The largest absolute Gasteiger partial charge is 0.416 e. The van der Waals surface area contributed by atoms with Gasteiger partial charge < -0.3 is 4.57 Å². The summed E-state index contributed by atoms with van der Waals surface area (Å²) in [5.74, 6) is 0.964. The maximum atomic E-state index is 12.8. The van der Waals surface area contributed by atoms with Crippen LogP contribution in [-0.4, -0.2) is 34.7 Å². The highest BCUT2D eigenvalue weighted by Crippen LogP contribution is 2.32. The van der Waals surface area contributed by atoms with Gasteiger partial charge in [0.1, 0.15) is 5.82 Å². The van der Waals surface area contributed by atoms with Crippen molar-refractivity contribution in [2.75, 3.05) is 11.5 Å². The predicted octanol–water partition coefficient (Wildman–Crippen LogP) is 3.03. The molecule has 136 valence electrons. The summed E-state index contributed by atoms with van der Waals surface area (Å²) in [6, 6.07) is 5.16. The highest BCUT2D eigenvalue weighted by molar-refractivity contribution is 7.98. The molecule has 0 spiro atoms. The van der Waals surface area contributed by atoms with Crippen molar-refractivity contribution in [2.45, 2.75) is 29.4 Å². The first kappa shape index (κ1) is 18.2. The van der Waals surface area contributed by atoms with Crippen LogP contribution in [0.4, 0.5) is 13.2 Å². The minimum absolute atomic E-state index is 0.0667. The van der Waals surface area contributed by atoms with Gasteiger partial charge in [0.25, 0.3) is 0 Å². The monoisotopic (exact) mass is 391 g/mol. The van der Waals surface area contributed by atoms with Crippen LogP contribution >= 0.6 is 11.8 Å². The molecule has 0 amide bonds. The standard InChI is InChI=1S/C15H16F3N3O2S2/c1-21-13(11-5-6-25(22,23)9-11)19-20-14(21)24-8-10-3-2-4-12(7-10)15(16,17)18/h2-4,7,11H,5-6,8-9H2,1H3. The first-order valence-corrected chi connectivity index (χ1v) is 10.3. The summed E-state index contributed by atoms with van der Waals surface area (Å²) >= 11 is 1.27. The average molecular weight is 391 g/mol. The summed E-state index contributed by atoms with van der Waals surface area (Å²) in [5, 5.41) is 8.69. The second kappa shape index (κ2) is 6.64. The molecule has 1 aromatic carbocycles. The second-order valence-corrected chi connectivity index (χ2v) is 9.16. The summed E-state index contributed by atoms with van der Waals surface area (Å²) in [6.07, 6.45) is -3.85. The van der Waals surface area contributed by atoms with E-state index in [0.29, 0.717) is 28.7 Å². The van der Waals surface area contributed by atoms with Crippen LogP contribution in [0, 0.1) is 0 Å². The molecule has 1 fully saturated rings. The van der Waals surface area contributed by atoms with E-state index in [4.69, 9.17) is 0 Å². The van der Waals surface area contributed by atoms with Gasteiger partial charge in [-0.15, -0.1) is 10.2 Å². The van der Waals surface area contributed by atoms with Crippen molar-refractivity contribution in [3.63, 3.8) is 0 Å². The van der Waals surface area contributed by atoms with Crippen LogP contribution < -0.4 is 0 Å². The first-order chi connectivity index (χ1) is 11.7. The van der Waals surface area contributed by atoms with E-state index in [9.17, 15) is 21.6 Å². The molecular weight excluding hydrogens is 375 g/mol. The number of alkyl halides is 3. The molecule has 1 aromatic heterocycles. The summed E-state index contributed by atoms with van der Waals surface area (Å²) in [6.45, 7) is 0. The van der Waals surface area contributed by atoms with Crippen LogP contribution in [-0.2, 0) is 28.8 Å². The third kappa shape index (κ3) is 4.17. The number of nitrogens with zero attached hydrogens (tertiary/aromatic N) is 3. The molecule has 2 aromatic rings. The topological polar surface area (TPSA) is 64.8 Å². The van der Waals surface area contributed by atoms with Gasteiger partial charge in [0, 0.05) is 18.7 Å². The molecule has 2 heterocycles. The Labute approximate surface area is 147 Å². The molecule has 5 nitrogen and oxygen atoms in total. The van der Waals surface area contributed by atoms with E-state index in [-0.39, 0.29) is 17.4 Å². The zero-order valence-electron chi connectivity index (χ0n) is 13.3. The van der Waals surface area contributed by atoms with Gasteiger partial charge in [-0.05, 0) is 18.1 Å². The molecule has 25 heavy (non-hydrogen) atoms. The number of hydrogen-bond donors (Lipinski definition) is 0. The van der Waals surface area contributed by atoms with Gasteiger partial charge in [-0.3, -0.25) is 0 Å². The molecule has 3 rings (SSSR count). The minimum Gasteiger partial charge on any atom is -0.309 e. The molecule has 0 radical (unpaired) electrons. The van der Waals surface area contributed by atoms with Gasteiger partial charge >= 0.3 is 6.18 Å². The number of rotatable bonds is 4.